The summed E-state index contributed by atoms with van der Waals surface area (Å²) in [4.78, 5) is 13.8. The lowest BCUT2D eigenvalue weighted by molar-refractivity contribution is -0.138. The van der Waals surface area contributed by atoms with Crippen molar-refractivity contribution in [2.45, 2.75) is 6.18 Å². The van der Waals surface area contributed by atoms with Gasteiger partial charge in [0, 0.05) is 36.3 Å². The minimum atomic E-state index is -4.46. The molecule has 1 aromatic carbocycles. The smallest absolute Gasteiger partial charge is 0.325 e. The second kappa shape index (κ2) is 6.76. The fraction of sp³-hybridized carbons (Fsp3) is 0.462. The van der Waals surface area contributed by atoms with Gasteiger partial charge in [-0.2, -0.15) is 13.2 Å². The van der Waals surface area contributed by atoms with Crippen LogP contribution in [0.4, 0.5) is 18.9 Å². The zero-order chi connectivity index (χ0) is 15.5. The molecule has 21 heavy (non-hydrogen) atoms. The summed E-state index contributed by atoms with van der Waals surface area (Å²) in [6, 6.07) is 3.65. The normalized spacial score (nSPS) is 16.8. The fourth-order valence-corrected chi connectivity index (χ4v) is 2.56. The molecule has 1 aliphatic heterocycles. The summed E-state index contributed by atoms with van der Waals surface area (Å²) in [7, 11) is 0. The highest BCUT2D eigenvalue weighted by Crippen LogP contribution is 2.36. The van der Waals surface area contributed by atoms with Crippen LogP contribution in [0.2, 0.25) is 0 Å². The molecule has 0 unspecified atom stereocenters. The monoisotopic (exact) mass is 365 g/mol. The van der Waals surface area contributed by atoms with Crippen LogP contribution in [-0.4, -0.2) is 43.5 Å². The van der Waals surface area contributed by atoms with Gasteiger partial charge in [0.05, 0.1) is 12.1 Å². The molecule has 1 saturated heterocycles. The Morgan fingerprint density at radius 1 is 1.33 bits per heavy atom. The molecule has 4 nitrogen and oxygen atoms in total. The highest BCUT2D eigenvalue weighted by Gasteiger charge is 2.33. The maximum absolute atomic E-state index is 12.8. The number of hydrogen-bond donors (Lipinski definition) is 2. The highest BCUT2D eigenvalue weighted by molar-refractivity contribution is 9.10. The van der Waals surface area contributed by atoms with E-state index in [1.807, 2.05) is 4.90 Å². The number of piperazine rings is 1. The van der Waals surface area contributed by atoms with Crippen LogP contribution in [0.1, 0.15) is 5.56 Å². The van der Waals surface area contributed by atoms with Crippen molar-refractivity contribution in [1.29, 1.82) is 0 Å². The van der Waals surface area contributed by atoms with Crippen LogP contribution in [0.15, 0.2) is 22.7 Å². The largest absolute Gasteiger partial charge is 0.417 e. The first kappa shape index (κ1) is 16.3. The first-order valence-electron chi connectivity index (χ1n) is 6.46. The van der Waals surface area contributed by atoms with E-state index in [1.165, 1.54) is 12.1 Å². The van der Waals surface area contributed by atoms with Crippen LogP contribution >= 0.6 is 15.9 Å². The molecule has 2 N–H and O–H groups in total. The average Bonchev–Trinajstić information content (AvgIpc) is 2.41. The topological polar surface area (TPSA) is 44.4 Å². The van der Waals surface area contributed by atoms with Crippen LogP contribution in [0.25, 0.3) is 0 Å². The number of nitrogens with one attached hydrogen (secondary N) is 2. The number of alkyl halides is 3. The molecule has 0 aliphatic carbocycles. The van der Waals surface area contributed by atoms with Gasteiger partial charge in [0.25, 0.3) is 0 Å². The molecule has 0 aromatic heterocycles. The van der Waals surface area contributed by atoms with Gasteiger partial charge < -0.3 is 10.6 Å². The Morgan fingerprint density at radius 3 is 2.62 bits per heavy atom. The van der Waals surface area contributed by atoms with E-state index in [-0.39, 0.29) is 22.6 Å². The molecule has 0 spiro atoms. The van der Waals surface area contributed by atoms with Crippen molar-refractivity contribution in [3.8, 4) is 0 Å². The molecule has 2 rings (SSSR count). The Labute approximate surface area is 128 Å². The summed E-state index contributed by atoms with van der Waals surface area (Å²) >= 11 is 2.86. The number of anilines is 1. The van der Waals surface area contributed by atoms with Crippen LogP contribution in [0, 0.1) is 0 Å². The second-order valence-electron chi connectivity index (χ2n) is 4.77. The summed E-state index contributed by atoms with van der Waals surface area (Å²) in [6.07, 6.45) is -4.46. The number of hydrogen-bond acceptors (Lipinski definition) is 3. The number of rotatable bonds is 3. The van der Waals surface area contributed by atoms with Crippen molar-refractivity contribution in [2.75, 3.05) is 38.0 Å². The van der Waals surface area contributed by atoms with Crippen molar-refractivity contribution in [3.05, 3.63) is 28.2 Å². The molecule has 1 fully saturated rings. The van der Waals surface area contributed by atoms with E-state index in [1.54, 1.807) is 0 Å². The van der Waals surface area contributed by atoms with Gasteiger partial charge >= 0.3 is 6.18 Å². The molecule has 0 atom stereocenters. The summed E-state index contributed by atoms with van der Waals surface area (Å²) in [5.74, 6) is -0.313. The van der Waals surface area contributed by atoms with Gasteiger partial charge in [-0.3, -0.25) is 9.69 Å². The quantitative estimate of drug-likeness (QED) is 0.863. The summed E-state index contributed by atoms with van der Waals surface area (Å²) < 4.78 is 38.3. The zero-order valence-corrected chi connectivity index (χ0v) is 12.7. The first-order chi connectivity index (χ1) is 9.86. The second-order valence-corrected chi connectivity index (χ2v) is 5.62. The molecule has 1 aromatic rings. The van der Waals surface area contributed by atoms with Gasteiger partial charge in [0.1, 0.15) is 0 Å². The average molecular weight is 366 g/mol. The van der Waals surface area contributed by atoms with E-state index in [9.17, 15) is 18.0 Å². The Balaban J connectivity index is 2.00. The molecule has 1 amide bonds. The maximum Gasteiger partial charge on any atom is 0.417 e. The van der Waals surface area contributed by atoms with E-state index in [4.69, 9.17) is 0 Å². The number of halogens is 4. The van der Waals surface area contributed by atoms with E-state index in [0.29, 0.717) is 0 Å². The van der Waals surface area contributed by atoms with Crippen LogP contribution in [-0.2, 0) is 11.0 Å². The maximum atomic E-state index is 12.8. The first-order valence-corrected chi connectivity index (χ1v) is 7.25. The molecule has 0 bridgehead atoms. The van der Waals surface area contributed by atoms with E-state index >= 15 is 0 Å². The molecule has 1 aliphatic rings. The minimum absolute atomic E-state index is 0.0462. The molecule has 0 saturated carbocycles. The molecular weight excluding hydrogens is 351 g/mol. The van der Waals surface area contributed by atoms with Crippen molar-refractivity contribution in [1.82, 2.24) is 10.2 Å². The SMILES string of the molecule is O=C(CN1CCNCC1)Nc1ccc(Br)c(C(F)(F)F)c1. The number of benzene rings is 1. The lowest BCUT2D eigenvalue weighted by Gasteiger charge is -2.26. The highest BCUT2D eigenvalue weighted by atomic mass is 79.9. The fourth-order valence-electron chi connectivity index (χ4n) is 2.09. The van der Waals surface area contributed by atoms with E-state index < -0.39 is 11.7 Å². The molecule has 0 radical (unpaired) electrons. The van der Waals surface area contributed by atoms with Gasteiger partial charge in [0.2, 0.25) is 5.91 Å². The minimum Gasteiger partial charge on any atom is -0.325 e. The number of carbonyl (C=O) groups is 1. The van der Waals surface area contributed by atoms with Gasteiger partial charge in [-0.05, 0) is 18.2 Å². The van der Waals surface area contributed by atoms with Gasteiger partial charge in [-0.15, -0.1) is 0 Å². The summed E-state index contributed by atoms with van der Waals surface area (Å²) in [5.41, 5.74) is -0.659. The Bertz CT molecular complexity index is 516. The lowest BCUT2D eigenvalue weighted by Crippen LogP contribution is -2.46. The number of nitrogens with zero attached hydrogens (tertiary/aromatic N) is 1. The van der Waals surface area contributed by atoms with Crippen LogP contribution in [0.3, 0.4) is 0 Å². The summed E-state index contributed by atoms with van der Waals surface area (Å²) in [5, 5.41) is 5.67. The molecule has 8 heteroatoms. The predicted molar refractivity (Wildman–Crippen MR) is 77.1 cm³/mol. The standard InChI is InChI=1S/C13H15BrF3N3O/c14-11-2-1-9(7-10(11)13(15,16)17)19-12(21)8-20-5-3-18-4-6-20/h1-2,7,18H,3-6,8H2,(H,19,21). The lowest BCUT2D eigenvalue weighted by atomic mass is 10.2. The van der Waals surface area contributed by atoms with E-state index in [0.717, 1.165) is 32.2 Å². The van der Waals surface area contributed by atoms with Gasteiger partial charge in [-0.1, -0.05) is 15.9 Å². The van der Waals surface area contributed by atoms with Crippen molar-refractivity contribution in [3.63, 3.8) is 0 Å². The van der Waals surface area contributed by atoms with Crippen molar-refractivity contribution >= 4 is 27.5 Å². The van der Waals surface area contributed by atoms with Crippen molar-refractivity contribution < 1.29 is 18.0 Å². The zero-order valence-electron chi connectivity index (χ0n) is 11.1. The Morgan fingerprint density at radius 2 is 2.00 bits per heavy atom. The molecule has 116 valence electrons. The number of amides is 1. The number of carbonyl (C=O) groups excluding carboxylic acids is 1. The van der Waals surface area contributed by atoms with Gasteiger partial charge in [-0.25, -0.2) is 0 Å². The third kappa shape index (κ3) is 4.69. The molecular formula is C13H15BrF3N3O. The predicted octanol–water partition coefficient (Wildman–Crippen LogP) is 2.31. The Hall–Kier alpha value is -1.12. The van der Waals surface area contributed by atoms with Gasteiger partial charge in [0.15, 0.2) is 0 Å². The van der Waals surface area contributed by atoms with E-state index in [2.05, 4.69) is 26.6 Å². The Kier molecular flexibility index (Phi) is 5.23. The third-order valence-electron chi connectivity index (χ3n) is 3.13. The summed E-state index contributed by atoms with van der Waals surface area (Å²) in [6.45, 7) is 3.30. The van der Waals surface area contributed by atoms with Crippen LogP contribution in [0.5, 0.6) is 0 Å². The third-order valence-corrected chi connectivity index (χ3v) is 3.82. The van der Waals surface area contributed by atoms with Crippen LogP contribution < -0.4 is 10.6 Å². The molecule has 1 heterocycles. The van der Waals surface area contributed by atoms with Crippen molar-refractivity contribution in [2.24, 2.45) is 0 Å².